The zero-order chi connectivity index (χ0) is 42.2. The number of benzene rings is 3. The Morgan fingerprint density at radius 2 is 0.569 bits per heavy atom. The minimum atomic E-state index is -0.433. The van der Waals surface area contributed by atoms with Crippen LogP contribution in [-0.4, -0.2) is 55.0 Å². The lowest BCUT2D eigenvalue weighted by Gasteiger charge is -2.37. The fourth-order valence-electron chi connectivity index (χ4n) is 8.52. The summed E-state index contributed by atoms with van der Waals surface area (Å²) in [6.07, 6.45) is 13.9. The quantitative estimate of drug-likeness (QED) is 0.0771. The zero-order valence-corrected chi connectivity index (χ0v) is 38.4. The van der Waals surface area contributed by atoms with Crippen LogP contribution < -0.4 is 16.4 Å². The number of hydrogen-bond acceptors (Lipinski definition) is 6. The molecule has 0 aliphatic carbocycles. The second-order valence-electron chi connectivity index (χ2n) is 20.5. The van der Waals surface area contributed by atoms with Gasteiger partial charge < -0.3 is 27.9 Å². The molecule has 0 atom stereocenters. The fourth-order valence-corrected chi connectivity index (χ4v) is 8.52. The maximum atomic E-state index is 6.50. The third-order valence-corrected chi connectivity index (χ3v) is 14.7. The second-order valence-corrected chi connectivity index (χ2v) is 20.5. The van der Waals surface area contributed by atoms with Crippen molar-refractivity contribution in [3.05, 3.63) is 89.5 Å². The molecule has 314 valence electrons. The van der Waals surface area contributed by atoms with Crippen molar-refractivity contribution in [1.29, 1.82) is 0 Å². The summed E-state index contributed by atoms with van der Waals surface area (Å²) in [7, 11) is -1.27. The van der Waals surface area contributed by atoms with E-state index in [1.54, 1.807) is 0 Å². The molecule has 0 aromatic heterocycles. The van der Waals surface area contributed by atoms with Gasteiger partial charge in [-0.05, 0) is 123 Å². The van der Waals surface area contributed by atoms with Crippen LogP contribution in [0.25, 0.3) is 0 Å². The van der Waals surface area contributed by atoms with Gasteiger partial charge in [0.15, 0.2) is 0 Å². The average Bonchev–Trinajstić information content (AvgIpc) is 3.63. The van der Waals surface area contributed by atoms with E-state index in [2.05, 4.69) is 163 Å². The molecule has 3 heterocycles. The standard InChI is InChI=1S/C49H73B3O6/c1-14-15-16-17-18-19-20-21-22-23-36-49(37-24-30-40(31-25-37)50-53-43(2,3)44(4,5)54-50,38-26-32-41(33-27-38)51-55-45(6,7)46(8,9)56-51)39-28-34-42(35-29-39)52-57-47(10,11)48(12,13)58-52/h24-35H,14-23,36H2,1-13H3. The van der Waals surface area contributed by atoms with E-state index in [0.717, 1.165) is 29.2 Å². The predicted octanol–water partition coefficient (Wildman–Crippen LogP) is 10.2. The summed E-state index contributed by atoms with van der Waals surface area (Å²) in [5.41, 5.74) is 3.94. The first kappa shape index (κ1) is 45.1. The van der Waals surface area contributed by atoms with Crippen LogP contribution in [0.5, 0.6) is 0 Å². The van der Waals surface area contributed by atoms with E-state index in [-0.39, 0.29) is 0 Å². The van der Waals surface area contributed by atoms with Gasteiger partial charge in [0.1, 0.15) is 0 Å². The van der Waals surface area contributed by atoms with Gasteiger partial charge in [-0.3, -0.25) is 0 Å². The smallest absolute Gasteiger partial charge is 0.399 e. The van der Waals surface area contributed by atoms with E-state index < -0.39 is 60.4 Å². The minimum Gasteiger partial charge on any atom is -0.399 e. The van der Waals surface area contributed by atoms with Gasteiger partial charge in [-0.15, -0.1) is 0 Å². The van der Waals surface area contributed by atoms with Crippen molar-refractivity contribution in [3.63, 3.8) is 0 Å². The lowest BCUT2D eigenvalue weighted by molar-refractivity contribution is 0.00578. The molecular formula is C49H73B3O6. The number of rotatable bonds is 17. The van der Waals surface area contributed by atoms with Crippen LogP contribution in [0.3, 0.4) is 0 Å². The Hall–Kier alpha value is -2.39. The van der Waals surface area contributed by atoms with Crippen LogP contribution in [-0.2, 0) is 33.3 Å². The molecule has 0 unspecified atom stereocenters. The first-order valence-electron chi connectivity index (χ1n) is 22.5. The van der Waals surface area contributed by atoms with Crippen LogP contribution in [0.1, 0.15) is 177 Å². The molecule has 0 N–H and O–H groups in total. The van der Waals surface area contributed by atoms with Crippen LogP contribution in [0.2, 0.25) is 0 Å². The summed E-state index contributed by atoms with van der Waals surface area (Å²) in [6.45, 7) is 27.6. The van der Waals surface area contributed by atoms with Gasteiger partial charge in [0.05, 0.1) is 33.6 Å². The molecule has 3 saturated heterocycles. The van der Waals surface area contributed by atoms with Crippen molar-refractivity contribution in [2.45, 2.75) is 200 Å². The largest absolute Gasteiger partial charge is 0.494 e. The molecule has 3 aliphatic rings. The second kappa shape index (κ2) is 17.2. The Labute approximate surface area is 353 Å². The Morgan fingerprint density at radius 3 is 0.810 bits per heavy atom. The highest BCUT2D eigenvalue weighted by Gasteiger charge is 2.54. The van der Waals surface area contributed by atoms with Crippen molar-refractivity contribution in [2.75, 3.05) is 0 Å². The van der Waals surface area contributed by atoms with Gasteiger partial charge in [0.25, 0.3) is 0 Å². The fraction of sp³-hybridized carbons (Fsp3) is 0.633. The molecule has 0 bridgehead atoms. The topological polar surface area (TPSA) is 55.4 Å². The summed E-state index contributed by atoms with van der Waals surface area (Å²) in [4.78, 5) is 0. The SMILES string of the molecule is CCCCCCCCCCCCC(c1ccc(B2OC(C)(C)C(C)(C)O2)cc1)(c1ccc(B2OC(C)(C)C(C)(C)O2)cc1)c1ccc(B2OC(C)(C)C(C)(C)O2)cc1. The zero-order valence-electron chi connectivity index (χ0n) is 38.4. The lowest BCUT2D eigenvalue weighted by atomic mass is 9.64. The van der Waals surface area contributed by atoms with Crippen molar-refractivity contribution < 1.29 is 27.9 Å². The molecule has 3 fully saturated rings. The molecule has 6 nitrogen and oxygen atoms in total. The molecule has 3 aromatic rings. The maximum absolute atomic E-state index is 6.50. The van der Waals surface area contributed by atoms with Gasteiger partial charge in [-0.25, -0.2) is 0 Å². The van der Waals surface area contributed by atoms with Crippen LogP contribution >= 0.6 is 0 Å². The van der Waals surface area contributed by atoms with Crippen molar-refractivity contribution in [1.82, 2.24) is 0 Å². The number of hydrogen-bond donors (Lipinski definition) is 0. The summed E-state index contributed by atoms with van der Waals surface area (Å²) in [5.74, 6) is 0. The summed E-state index contributed by atoms with van der Waals surface area (Å²) in [5, 5.41) is 0. The monoisotopic (exact) mass is 791 g/mol. The van der Waals surface area contributed by atoms with Crippen molar-refractivity contribution >= 4 is 37.7 Å². The van der Waals surface area contributed by atoms with Crippen LogP contribution in [0.15, 0.2) is 72.8 Å². The molecule has 0 spiro atoms. The lowest BCUT2D eigenvalue weighted by Crippen LogP contribution is -2.41. The first-order chi connectivity index (χ1) is 27.1. The summed E-state index contributed by atoms with van der Waals surface area (Å²) >= 11 is 0. The molecule has 6 rings (SSSR count). The van der Waals surface area contributed by atoms with Gasteiger partial charge in [-0.1, -0.05) is 144 Å². The third kappa shape index (κ3) is 9.11. The van der Waals surface area contributed by atoms with E-state index in [0.29, 0.717) is 0 Å². The van der Waals surface area contributed by atoms with E-state index in [4.69, 9.17) is 27.9 Å². The Kier molecular flexibility index (Phi) is 13.4. The molecular weight excluding hydrogens is 717 g/mol. The third-order valence-electron chi connectivity index (χ3n) is 14.7. The summed E-state index contributed by atoms with van der Waals surface area (Å²) in [6, 6.07) is 27.1. The highest BCUT2D eigenvalue weighted by molar-refractivity contribution is 6.63. The number of unbranched alkanes of at least 4 members (excludes halogenated alkanes) is 9. The van der Waals surface area contributed by atoms with Gasteiger partial charge >= 0.3 is 21.4 Å². The minimum absolute atomic E-state index is 0.409. The Bertz CT molecular complexity index is 1560. The van der Waals surface area contributed by atoms with Crippen molar-refractivity contribution in [3.8, 4) is 0 Å². The first-order valence-corrected chi connectivity index (χ1v) is 22.5. The Morgan fingerprint density at radius 1 is 0.345 bits per heavy atom. The summed E-state index contributed by atoms with van der Waals surface area (Å²) < 4.78 is 39.0. The van der Waals surface area contributed by atoms with Gasteiger partial charge in [0, 0.05) is 5.41 Å². The van der Waals surface area contributed by atoms with E-state index in [1.165, 1.54) is 74.5 Å². The molecule has 9 heteroatoms. The predicted molar refractivity (Wildman–Crippen MR) is 243 cm³/mol. The van der Waals surface area contributed by atoms with Crippen molar-refractivity contribution in [2.24, 2.45) is 0 Å². The molecule has 0 amide bonds. The molecule has 0 saturated carbocycles. The van der Waals surface area contributed by atoms with Crippen LogP contribution in [0, 0.1) is 0 Å². The maximum Gasteiger partial charge on any atom is 0.494 e. The van der Waals surface area contributed by atoms with Gasteiger partial charge in [-0.2, -0.15) is 0 Å². The highest BCUT2D eigenvalue weighted by atomic mass is 16.7. The van der Waals surface area contributed by atoms with E-state index in [1.807, 2.05) is 0 Å². The van der Waals surface area contributed by atoms with Gasteiger partial charge in [0.2, 0.25) is 0 Å². The molecule has 58 heavy (non-hydrogen) atoms. The van der Waals surface area contributed by atoms with E-state index in [9.17, 15) is 0 Å². The van der Waals surface area contributed by atoms with E-state index >= 15 is 0 Å². The average molecular weight is 791 g/mol. The molecule has 3 aliphatic heterocycles. The molecule has 3 aromatic carbocycles. The molecule has 0 radical (unpaired) electrons. The Balaban J connectivity index is 1.36. The van der Waals surface area contributed by atoms with Crippen LogP contribution in [0.4, 0.5) is 0 Å². The normalized spacial score (nSPS) is 21.6. The highest BCUT2D eigenvalue weighted by Crippen LogP contribution is 2.45.